The summed E-state index contributed by atoms with van der Waals surface area (Å²) in [4.78, 5) is 59.1. The summed E-state index contributed by atoms with van der Waals surface area (Å²) in [7, 11) is -1.23. The number of aliphatic carboxylic acids is 1. The van der Waals surface area contributed by atoms with Crippen molar-refractivity contribution in [2.45, 2.75) is 24.3 Å². The van der Waals surface area contributed by atoms with E-state index in [2.05, 4.69) is 20.0 Å². The van der Waals surface area contributed by atoms with E-state index in [0.717, 1.165) is 21.4 Å². The molecule has 1 atom stereocenters. The van der Waals surface area contributed by atoms with E-state index in [1.54, 1.807) is 31.4 Å². The van der Waals surface area contributed by atoms with Gasteiger partial charge >= 0.3 is 11.7 Å². The Balaban J connectivity index is 1.17. The molecule has 0 saturated heterocycles. The molecule has 6 rings (SSSR count). The third-order valence-electron chi connectivity index (χ3n) is 8.27. The molecule has 1 amide bonds. The second-order valence-corrected chi connectivity index (χ2v) is 13.6. The molecule has 3 N–H and O–H groups in total. The maximum atomic E-state index is 15.1. The number of carboxylic acids is 1. The lowest BCUT2D eigenvalue weighted by molar-refractivity contribution is -0.139. The highest BCUT2D eigenvalue weighted by Crippen LogP contribution is 2.25. The first-order chi connectivity index (χ1) is 24.6. The fourth-order valence-electron chi connectivity index (χ4n) is 5.63. The number of halogens is 2. The number of amides is 1. The van der Waals surface area contributed by atoms with Gasteiger partial charge in [0.15, 0.2) is 11.2 Å². The van der Waals surface area contributed by atoms with Gasteiger partial charge in [0.1, 0.15) is 23.2 Å². The van der Waals surface area contributed by atoms with Crippen molar-refractivity contribution in [2.24, 2.45) is 14.1 Å². The molecule has 0 radical (unpaired) electrons. The zero-order valence-electron chi connectivity index (χ0n) is 27.7. The molecule has 17 heteroatoms. The number of anilines is 1. The van der Waals surface area contributed by atoms with Crippen molar-refractivity contribution in [1.29, 1.82) is 0 Å². The molecule has 52 heavy (non-hydrogen) atoms. The van der Waals surface area contributed by atoms with E-state index in [1.165, 1.54) is 58.9 Å². The van der Waals surface area contributed by atoms with E-state index in [4.69, 9.17) is 0 Å². The van der Waals surface area contributed by atoms with Crippen molar-refractivity contribution in [3.8, 4) is 16.8 Å². The number of imidazole rings is 1. The van der Waals surface area contributed by atoms with Crippen molar-refractivity contribution in [2.75, 3.05) is 4.72 Å². The number of carbonyl (C=O) groups excluding carboxylic acids is 1. The predicted octanol–water partition coefficient (Wildman–Crippen LogP) is 3.30. The number of carbonyl (C=O) groups is 2. The summed E-state index contributed by atoms with van der Waals surface area (Å²) in [6, 6.07) is 14.6. The minimum absolute atomic E-state index is 0.185. The Bertz CT molecular complexity index is 2600. The highest BCUT2D eigenvalue weighted by molar-refractivity contribution is 7.92. The molecule has 266 valence electrons. The number of fused-ring (bicyclic) bond motifs is 1. The average molecular weight is 730 g/mol. The van der Waals surface area contributed by atoms with Crippen LogP contribution in [0, 0.1) is 18.6 Å². The first kappa shape index (κ1) is 35.3. The smallest absolute Gasteiger partial charge is 0.337 e. The summed E-state index contributed by atoms with van der Waals surface area (Å²) in [5, 5.41) is 11.9. The number of aryl methyl sites for hydroxylation is 3. The zero-order chi connectivity index (χ0) is 37.5. The number of carboxylic acid groups (broad SMARTS) is 1. The van der Waals surface area contributed by atoms with Crippen LogP contribution in [-0.4, -0.2) is 55.1 Å². The molecule has 0 aliphatic rings. The van der Waals surface area contributed by atoms with E-state index in [1.807, 2.05) is 13.0 Å². The number of nitrogens with one attached hydrogen (secondary N) is 2. The Morgan fingerprint density at radius 2 is 1.56 bits per heavy atom. The van der Waals surface area contributed by atoms with E-state index >= 15 is 8.78 Å². The Hall–Kier alpha value is -6.49. The lowest BCUT2D eigenvalue weighted by Crippen LogP contribution is -2.43. The standard InChI is InChI=1S/C35H29F2N7O7S/c1-19-14-22(12-13-38-19)21-6-10-25(11-7-21)52(50,51)41-23-16-26(36)29(27(37)17-23)32(45)40-28(34(47)48)15-20-4-8-24(9-5-20)44-33(46)30-31(39-18-42(30)2)43(3)35(44)49/h4-14,16-18,28,41H,15H2,1-3H3,(H,40,45)(H,47,48)/t28-/m0/s1. The maximum absolute atomic E-state index is 15.1. The van der Waals surface area contributed by atoms with Crippen molar-refractivity contribution in [1.82, 2.24) is 29.0 Å². The van der Waals surface area contributed by atoms with Crippen LogP contribution in [0.15, 0.2) is 99.8 Å². The Labute approximate surface area is 293 Å². The quantitative estimate of drug-likeness (QED) is 0.190. The first-order valence-corrected chi connectivity index (χ1v) is 16.9. The third kappa shape index (κ3) is 6.80. The molecule has 6 aromatic rings. The van der Waals surface area contributed by atoms with Crippen LogP contribution in [0.4, 0.5) is 14.5 Å². The summed E-state index contributed by atoms with van der Waals surface area (Å²) in [5.41, 5.74) is 0.315. The summed E-state index contributed by atoms with van der Waals surface area (Å²) >= 11 is 0. The lowest BCUT2D eigenvalue weighted by atomic mass is 10.0. The second-order valence-electron chi connectivity index (χ2n) is 11.9. The van der Waals surface area contributed by atoms with Crippen molar-refractivity contribution >= 4 is 38.8 Å². The zero-order valence-corrected chi connectivity index (χ0v) is 28.5. The van der Waals surface area contributed by atoms with Crippen LogP contribution in [0.25, 0.3) is 28.0 Å². The molecule has 0 fully saturated rings. The van der Waals surface area contributed by atoms with Gasteiger partial charge in [-0.2, -0.15) is 0 Å². The molecule has 0 bridgehead atoms. The Morgan fingerprint density at radius 3 is 2.17 bits per heavy atom. The van der Waals surface area contributed by atoms with Crippen LogP contribution in [0.1, 0.15) is 21.6 Å². The molecule has 3 aromatic carbocycles. The van der Waals surface area contributed by atoms with E-state index < -0.39 is 62.1 Å². The lowest BCUT2D eigenvalue weighted by Gasteiger charge is -2.16. The normalized spacial score (nSPS) is 12.1. The number of nitrogens with zero attached hydrogens (tertiary/aromatic N) is 5. The number of rotatable bonds is 10. The van der Waals surface area contributed by atoms with Gasteiger partial charge in [0.2, 0.25) is 0 Å². The predicted molar refractivity (Wildman–Crippen MR) is 186 cm³/mol. The molecule has 0 spiro atoms. The fourth-order valence-corrected chi connectivity index (χ4v) is 6.67. The largest absolute Gasteiger partial charge is 0.480 e. The maximum Gasteiger partial charge on any atom is 0.337 e. The monoisotopic (exact) mass is 729 g/mol. The second kappa shape index (κ2) is 13.7. The minimum Gasteiger partial charge on any atom is -0.480 e. The molecule has 3 aromatic heterocycles. The van der Waals surface area contributed by atoms with Gasteiger partial charge in [-0.15, -0.1) is 0 Å². The van der Waals surface area contributed by atoms with Crippen LogP contribution in [-0.2, 0) is 35.3 Å². The molecule has 14 nitrogen and oxygen atoms in total. The Kier molecular flexibility index (Phi) is 9.29. The number of sulfonamides is 1. The van der Waals surface area contributed by atoms with E-state index in [9.17, 15) is 32.7 Å². The summed E-state index contributed by atoms with van der Waals surface area (Å²) < 4.78 is 62.0. The van der Waals surface area contributed by atoms with Crippen LogP contribution >= 0.6 is 0 Å². The van der Waals surface area contributed by atoms with E-state index in [-0.39, 0.29) is 28.2 Å². The molecular weight excluding hydrogens is 700 g/mol. The van der Waals surface area contributed by atoms with Gasteiger partial charge in [-0.05, 0) is 72.1 Å². The molecule has 0 saturated carbocycles. The molecule has 3 heterocycles. The van der Waals surface area contributed by atoms with Crippen molar-refractivity contribution < 1.29 is 31.9 Å². The number of pyridine rings is 1. The fraction of sp³-hybridized carbons (Fsp3) is 0.143. The van der Waals surface area contributed by atoms with Gasteiger partial charge in [-0.1, -0.05) is 24.3 Å². The highest BCUT2D eigenvalue weighted by Gasteiger charge is 2.27. The topological polar surface area (TPSA) is 187 Å². The van der Waals surface area contributed by atoms with Gasteiger partial charge in [0, 0.05) is 32.4 Å². The average Bonchev–Trinajstić information content (AvgIpc) is 3.49. The summed E-state index contributed by atoms with van der Waals surface area (Å²) in [6.07, 6.45) is 2.68. The van der Waals surface area contributed by atoms with Gasteiger partial charge < -0.3 is 15.0 Å². The SMILES string of the molecule is Cc1cc(-c2ccc(S(=O)(=O)Nc3cc(F)c(C(=O)N[C@@H](Cc4ccc(-n5c(=O)c6c(ncn6C)n(C)c5=O)cc4)C(=O)O)c(F)c3)cc2)ccn1. The molecule has 0 aliphatic carbocycles. The highest BCUT2D eigenvalue weighted by atomic mass is 32.2. The molecular formula is C35H29F2N7O7S. The minimum atomic E-state index is -4.30. The summed E-state index contributed by atoms with van der Waals surface area (Å²) in [6.45, 7) is 1.81. The molecule has 0 aliphatic heterocycles. The van der Waals surface area contributed by atoms with Crippen LogP contribution in [0.3, 0.4) is 0 Å². The molecule has 0 unspecified atom stereocenters. The number of hydrogen-bond donors (Lipinski definition) is 3. The van der Waals surface area contributed by atoms with Crippen LogP contribution < -0.4 is 21.3 Å². The Morgan fingerprint density at radius 1 is 0.904 bits per heavy atom. The van der Waals surface area contributed by atoms with Crippen LogP contribution in [0.5, 0.6) is 0 Å². The van der Waals surface area contributed by atoms with Gasteiger partial charge in [0.05, 0.1) is 22.6 Å². The summed E-state index contributed by atoms with van der Waals surface area (Å²) in [5.74, 6) is -5.79. The van der Waals surface area contributed by atoms with Gasteiger partial charge in [-0.3, -0.25) is 23.9 Å². The van der Waals surface area contributed by atoms with Crippen molar-refractivity contribution in [3.05, 3.63) is 135 Å². The first-order valence-electron chi connectivity index (χ1n) is 15.5. The number of aromatic nitrogens is 5. The van der Waals surface area contributed by atoms with Gasteiger partial charge in [-0.25, -0.2) is 36.3 Å². The van der Waals surface area contributed by atoms with Crippen molar-refractivity contribution in [3.63, 3.8) is 0 Å². The number of benzene rings is 3. The van der Waals surface area contributed by atoms with E-state index in [0.29, 0.717) is 17.7 Å². The van der Waals surface area contributed by atoms with Crippen LogP contribution in [0.2, 0.25) is 0 Å². The number of hydrogen-bond acceptors (Lipinski definition) is 8. The third-order valence-corrected chi connectivity index (χ3v) is 9.67. The van der Waals surface area contributed by atoms with Gasteiger partial charge in [0.25, 0.3) is 21.5 Å².